The van der Waals surface area contributed by atoms with Crippen molar-refractivity contribution in [3.63, 3.8) is 0 Å². The summed E-state index contributed by atoms with van der Waals surface area (Å²) in [5.41, 5.74) is 0. The number of carbonyl (C=O) groups excluding carboxylic acids is 1. The second-order valence-electron chi connectivity index (χ2n) is 4.54. The molecule has 1 aliphatic carbocycles. The van der Waals surface area contributed by atoms with Gasteiger partial charge in [0.15, 0.2) is 0 Å². The van der Waals surface area contributed by atoms with Crippen molar-refractivity contribution in [2.24, 2.45) is 11.8 Å². The van der Waals surface area contributed by atoms with Crippen molar-refractivity contribution < 1.29 is 9.90 Å². The molecule has 0 heterocycles. The number of nitrogens with one attached hydrogen (secondary N) is 2. The highest BCUT2D eigenvalue weighted by atomic mass is 16.3. The van der Waals surface area contributed by atoms with E-state index in [1.807, 2.05) is 14.0 Å². The number of carbonyl (C=O) groups is 1. The topological polar surface area (TPSA) is 61.4 Å². The van der Waals surface area contributed by atoms with E-state index in [0.29, 0.717) is 19.0 Å². The molecule has 1 saturated carbocycles. The summed E-state index contributed by atoms with van der Waals surface area (Å²) in [4.78, 5) is 11.6. The normalized spacial score (nSPS) is 27.7. The van der Waals surface area contributed by atoms with Crippen LogP contribution in [0.25, 0.3) is 0 Å². The summed E-state index contributed by atoms with van der Waals surface area (Å²) in [5.74, 6) is 0.581. The van der Waals surface area contributed by atoms with Crippen LogP contribution in [0.15, 0.2) is 0 Å². The smallest absolute Gasteiger partial charge is 0.224 e. The lowest BCUT2D eigenvalue weighted by molar-refractivity contribution is -0.124. The molecular formula is C11H22N2O2. The lowest BCUT2D eigenvalue weighted by atomic mass is 10.1. The maximum Gasteiger partial charge on any atom is 0.224 e. The van der Waals surface area contributed by atoms with Crippen molar-refractivity contribution >= 4 is 5.91 Å². The second-order valence-corrected chi connectivity index (χ2v) is 4.54. The fourth-order valence-electron chi connectivity index (χ4n) is 2.05. The Morgan fingerprint density at radius 2 is 2.27 bits per heavy atom. The Labute approximate surface area is 91.4 Å². The molecule has 88 valence electrons. The predicted molar refractivity (Wildman–Crippen MR) is 59.4 cm³/mol. The van der Waals surface area contributed by atoms with Gasteiger partial charge in [0, 0.05) is 19.0 Å². The minimum atomic E-state index is -0.151. The monoisotopic (exact) mass is 214 g/mol. The molecule has 3 atom stereocenters. The molecule has 4 nitrogen and oxygen atoms in total. The van der Waals surface area contributed by atoms with Crippen molar-refractivity contribution in [2.75, 3.05) is 20.1 Å². The fourth-order valence-corrected chi connectivity index (χ4v) is 2.05. The number of amides is 1. The molecule has 3 N–H and O–H groups in total. The average molecular weight is 214 g/mol. The quantitative estimate of drug-likeness (QED) is 0.609. The largest absolute Gasteiger partial charge is 0.393 e. The maximum absolute atomic E-state index is 11.6. The Morgan fingerprint density at radius 3 is 2.80 bits per heavy atom. The lowest BCUT2D eigenvalue weighted by Gasteiger charge is -2.14. The summed E-state index contributed by atoms with van der Waals surface area (Å²) in [6.07, 6.45) is 2.59. The number of aliphatic hydroxyl groups is 1. The van der Waals surface area contributed by atoms with Gasteiger partial charge in [-0.3, -0.25) is 4.79 Å². The Bertz CT molecular complexity index is 209. The summed E-state index contributed by atoms with van der Waals surface area (Å²) in [5, 5.41) is 15.3. The van der Waals surface area contributed by atoms with Gasteiger partial charge in [-0.1, -0.05) is 6.92 Å². The highest BCUT2D eigenvalue weighted by Gasteiger charge is 2.23. The van der Waals surface area contributed by atoms with E-state index in [4.69, 9.17) is 0 Å². The zero-order valence-corrected chi connectivity index (χ0v) is 9.62. The van der Waals surface area contributed by atoms with Gasteiger partial charge >= 0.3 is 0 Å². The number of hydrogen-bond acceptors (Lipinski definition) is 3. The zero-order valence-electron chi connectivity index (χ0n) is 9.62. The SMILES string of the molecule is CNCC(C)C(=O)NCC1CCC(O)C1. The predicted octanol–water partition coefficient (Wildman–Crippen LogP) is 0.119. The van der Waals surface area contributed by atoms with Crippen LogP contribution in [-0.2, 0) is 4.79 Å². The molecule has 0 spiro atoms. The number of rotatable bonds is 5. The molecular weight excluding hydrogens is 192 g/mol. The van der Waals surface area contributed by atoms with E-state index in [1.165, 1.54) is 0 Å². The first-order chi connectivity index (χ1) is 7.13. The van der Waals surface area contributed by atoms with Crippen LogP contribution in [0.3, 0.4) is 0 Å². The van der Waals surface area contributed by atoms with Gasteiger partial charge in [0.05, 0.1) is 6.10 Å². The Morgan fingerprint density at radius 1 is 1.53 bits per heavy atom. The van der Waals surface area contributed by atoms with Gasteiger partial charge in [-0.25, -0.2) is 0 Å². The summed E-state index contributed by atoms with van der Waals surface area (Å²) in [6, 6.07) is 0. The molecule has 3 unspecified atom stereocenters. The fraction of sp³-hybridized carbons (Fsp3) is 0.909. The molecule has 0 aromatic carbocycles. The van der Waals surface area contributed by atoms with Crippen molar-refractivity contribution in [1.29, 1.82) is 0 Å². The van der Waals surface area contributed by atoms with Crippen molar-refractivity contribution in [2.45, 2.75) is 32.3 Å². The average Bonchev–Trinajstić information content (AvgIpc) is 2.61. The van der Waals surface area contributed by atoms with E-state index in [-0.39, 0.29) is 17.9 Å². The molecule has 0 aromatic rings. The van der Waals surface area contributed by atoms with Crippen molar-refractivity contribution in [3.05, 3.63) is 0 Å². The first-order valence-corrected chi connectivity index (χ1v) is 5.73. The van der Waals surface area contributed by atoms with Crippen LogP contribution in [0, 0.1) is 11.8 Å². The van der Waals surface area contributed by atoms with E-state index in [0.717, 1.165) is 19.3 Å². The summed E-state index contributed by atoms with van der Waals surface area (Å²) in [6.45, 7) is 3.33. The Hall–Kier alpha value is -0.610. The lowest BCUT2D eigenvalue weighted by Crippen LogP contribution is -2.36. The van der Waals surface area contributed by atoms with Crippen LogP contribution in [0.1, 0.15) is 26.2 Å². The molecule has 1 rings (SSSR count). The summed E-state index contributed by atoms with van der Waals surface area (Å²) in [7, 11) is 1.84. The molecule has 15 heavy (non-hydrogen) atoms. The van der Waals surface area contributed by atoms with Crippen LogP contribution in [0.2, 0.25) is 0 Å². The zero-order chi connectivity index (χ0) is 11.3. The van der Waals surface area contributed by atoms with Crippen LogP contribution in [-0.4, -0.2) is 37.3 Å². The summed E-state index contributed by atoms with van der Waals surface area (Å²) < 4.78 is 0. The maximum atomic E-state index is 11.6. The van der Waals surface area contributed by atoms with E-state index in [1.54, 1.807) is 0 Å². The van der Waals surface area contributed by atoms with Crippen LogP contribution in [0.4, 0.5) is 0 Å². The van der Waals surface area contributed by atoms with Crippen LogP contribution < -0.4 is 10.6 Å². The van der Waals surface area contributed by atoms with E-state index in [2.05, 4.69) is 10.6 Å². The van der Waals surface area contributed by atoms with Crippen LogP contribution in [0.5, 0.6) is 0 Å². The number of hydrogen-bond donors (Lipinski definition) is 3. The Balaban J connectivity index is 2.16. The van der Waals surface area contributed by atoms with Gasteiger partial charge in [0.25, 0.3) is 0 Å². The first-order valence-electron chi connectivity index (χ1n) is 5.73. The van der Waals surface area contributed by atoms with Gasteiger partial charge in [0.2, 0.25) is 5.91 Å². The second kappa shape index (κ2) is 6.08. The van der Waals surface area contributed by atoms with Crippen LogP contribution >= 0.6 is 0 Å². The molecule has 1 amide bonds. The molecule has 1 aliphatic rings. The summed E-state index contributed by atoms with van der Waals surface area (Å²) >= 11 is 0. The highest BCUT2D eigenvalue weighted by molar-refractivity contribution is 5.78. The third-order valence-electron chi connectivity index (χ3n) is 3.04. The molecule has 4 heteroatoms. The van der Waals surface area contributed by atoms with Crippen molar-refractivity contribution in [1.82, 2.24) is 10.6 Å². The molecule has 0 bridgehead atoms. The highest BCUT2D eigenvalue weighted by Crippen LogP contribution is 2.24. The molecule has 0 aromatic heterocycles. The molecule has 0 radical (unpaired) electrons. The van der Waals surface area contributed by atoms with Gasteiger partial charge in [-0.05, 0) is 32.2 Å². The molecule has 1 fully saturated rings. The minimum absolute atomic E-state index is 0.0151. The third-order valence-corrected chi connectivity index (χ3v) is 3.04. The third kappa shape index (κ3) is 4.18. The number of aliphatic hydroxyl groups excluding tert-OH is 1. The van der Waals surface area contributed by atoms with Gasteiger partial charge in [0.1, 0.15) is 0 Å². The van der Waals surface area contributed by atoms with Gasteiger partial charge < -0.3 is 15.7 Å². The van der Waals surface area contributed by atoms with E-state index in [9.17, 15) is 9.90 Å². The van der Waals surface area contributed by atoms with Gasteiger partial charge in [-0.2, -0.15) is 0 Å². The standard InChI is InChI=1S/C11H22N2O2/c1-8(6-12-2)11(15)13-7-9-3-4-10(14)5-9/h8-10,12,14H,3-7H2,1-2H3,(H,13,15). The van der Waals surface area contributed by atoms with E-state index >= 15 is 0 Å². The van der Waals surface area contributed by atoms with Gasteiger partial charge in [-0.15, -0.1) is 0 Å². The van der Waals surface area contributed by atoms with E-state index < -0.39 is 0 Å². The molecule has 0 aliphatic heterocycles. The first kappa shape index (κ1) is 12.5. The Kier molecular flexibility index (Phi) is 5.05. The minimum Gasteiger partial charge on any atom is -0.393 e. The van der Waals surface area contributed by atoms with Crippen molar-refractivity contribution in [3.8, 4) is 0 Å². The molecule has 0 saturated heterocycles.